The predicted octanol–water partition coefficient (Wildman–Crippen LogP) is 2.49. The number of carbonyl (C=O) groups is 2. The molecule has 0 saturated carbocycles. The Morgan fingerprint density at radius 2 is 1.92 bits per heavy atom. The molecule has 3 heterocycles. The van der Waals surface area contributed by atoms with E-state index in [4.69, 9.17) is 9.47 Å². The number of hydrogen-bond donors (Lipinski definition) is 1. The number of anilines is 1. The first-order chi connectivity index (χ1) is 12.0. The number of nitrogens with one attached hydrogen (secondary N) is 1. The Balaban J connectivity index is 1.48. The number of benzene rings is 1. The zero-order valence-corrected chi connectivity index (χ0v) is 14.2. The molecule has 132 valence electrons. The van der Waals surface area contributed by atoms with Crippen LogP contribution in [0.3, 0.4) is 0 Å². The number of nitrogens with zero attached hydrogens (tertiary/aromatic N) is 1. The minimum Gasteiger partial charge on any atom is -0.369 e. The van der Waals surface area contributed by atoms with E-state index >= 15 is 0 Å². The van der Waals surface area contributed by atoms with Gasteiger partial charge in [-0.05, 0) is 35.5 Å². The lowest BCUT2D eigenvalue weighted by Gasteiger charge is -2.38. The van der Waals surface area contributed by atoms with Crippen LogP contribution in [0.1, 0.15) is 18.4 Å². The van der Waals surface area contributed by atoms with Crippen molar-refractivity contribution in [3.05, 3.63) is 34.5 Å². The topological polar surface area (TPSA) is 67.9 Å². The summed E-state index contributed by atoms with van der Waals surface area (Å²) in [7, 11) is 0. The Labute approximate surface area is 148 Å². The minimum atomic E-state index is -0.489. The minimum absolute atomic E-state index is 0.271. The number of rotatable bonds is 2. The van der Waals surface area contributed by atoms with Crippen LogP contribution in [0.2, 0.25) is 0 Å². The van der Waals surface area contributed by atoms with Crippen LogP contribution in [0.15, 0.2) is 23.1 Å². The lowest BCUT2D eigenvalue weighted by atomic mass is 10.0. The van der Waals surface area contributed by atoms with Crippen LogP contribution in [0.4, 0.5) is 14.9 Å². The quantitative estimate of drug-likeness (QED) is 0.814. The molecule has 0 aromatic heterocycles. The second-order valence-corrected chi connectivity index (χ2v) is 7.17. The van der Waals surface area contributed by atoms with E-state index in [1.165, 1.54) is 12.1 Å². The van der Waals surface area contributed by atoms with Crippen molar-refractivity contribution in [2.24, 2.45) is 0 Å². The van der Waals surface area contributed by atoms with E-state index in [-0.39, 0.29) is 10.7 Å². The molecule has 4 rings (SSSR count). The third kappa shape index (κ3) is 3.29. The van der Waals surface area contributed by atoms with Crippen LogP contribution in [0.25, 0.3) is 6.08 Å². The average molecular weight is 364 g/mol. The summed E-state index contributed by atoms with van der Waals surface area (Å²) in [5.74, 6) is -1.29. The molecule has 0 bridgehead atoms. The molecule has 0 unspecified atom stereocenters. The fourth-order valence-corrected chi connectivity index (χ4v) is 4.00. The van der Waals surface area contributed by atoms with Gasteiger partial charge in [-0.3, -0.25) is 14.9 Å². The van der Waals surface area contributed by atoms with Crippen LogP contribution < -0.4 is 10.2 Å². The van der Waals surface area contributed by atoms with Gasteiger partial charge >= 0.3 is 0 Å². The summed E-state index contributed by atoms with van der Waals surface area (Å²) in [5.41, 5.74) is 1.07. The summed E-state index contributed by atoms with van der Waals surface area (Å²) in [6.07, 6.45) is 2.93. The Hall–Kier alpha value is -1.90. The summed E-state index contributed by atoms with van der Waals surface area (Å²) < 4.78 is 25.9. The summed E-state index contributed by atoms with van der Waals surface area (Å²) in [6.45, 7) is 2.55. The molecule has 2 amide bonds. The van der Waals surface area contributed by atoms with E-state index in [0.717, 1.165) is 11.8 Å². The number of ether oxygens (including phenoxy) is 2. The van der Waals surface area contributed by atoms with Gasteiger partial charge < -0.3 is 14.4 Å². The fraction of sp³-hybridized carbons (Fsp3) is 0.412. The van der Waals surface area contributed by atoms with Crippen LogP contribution in [-0.4, -0.2) is 43.2 Å². The van der Waals surface area contributed by atoms with Crippen LogP contribution in [-0.2, 0) is 14.3 Å². The standard InChI is InChI=1S/C17H17FN2O4S/c18-12-9-11(10-14-15(21)19-16(22)25-14)1-2-13(12)20-5-3-17(4-6-20)23-7-8-24-17/h1-2,9-10H,3-8H2,(H,19,21,22)/b14-10-. The molecule has 1 aromatic rings. The van der Waals surface area contributed by atoms with Crippen molar-refractivity contribution in [1.29, 1.82) is 0 Å². The highest BCUT2D eigenvalue weighted by molar-refractivity contribution is 8.18. The Morgan fingerprint density at radius 3 is 2.52 bits per heavy atom. The number of amides is 2. The monoisotopic (exact) mass is 364 g/mol. The molecule has 0 radical (unpaired) electrons. The van der Waals surface area contributed by atoms with Crippen LogP contribution in [0.5, 0.6) is 0 Å². The average Bonchev–Trinajstić information content (AvgIpc) is 3.16. The first-order valence-electron chi connectivity index (χ1n) is 8.12. The van der Waals surface area contributed by atoms with Crippen molar-refractivity contribution < 1.29 is 23.5 Å². The third-order valence-corrected chi connectivity index (χ3v) is 5.40. The van der Waals surface area contributed by atoms with E-state index in [2.05, 4.69) is 5.32 Å². The lowest BCUT2D eigenvalue weighted by Crippen LogP contribution is -2.45. The van der Waals surface area contributed by atoms with Gasteiger partial charge in [0.2, 0.25) is 0 Å². The summed E-state index contributed by atoms with van der Waals surface area (Å²) in [6, 6.07) is 4.83. The Kier molecular flexibility index (Phi) is 4.26. The molecule has 1 N–H and O–H groups in total. The van der Waals surface area contributed by atoms with E-state index in [1.54, 1.807) is 12.1 Å². The maximum absolute atomic E-state index is 14.5. The molecule has 6 nitrogen and oxygen atoms in total. The molecule has 3 saturated heterocycles. The van der Waals surface area contributed by atoms with Gasteiger partial charge in [-0.25, -0.2) is 4.39 Å². The molecular formula is C17H17FN2O4S. The predicted molar refractivity (Wildman–Crippen MR) is 91.6 cm³/mol. The highest BCUT2D eigenvalue weighted by Crippen LogP contribution is 2.34. The zero-order chi connectivity index (χ0) is 17.4. The first-order valence-corrected chi connectivity index (χ1v) is 8.94. The van der Waals surface area contributed by atoms with Gasteiger partial charge in [-0.2, -0.15) is 0 Å². The SMILES string of the molecule is O=C1NC(=O)/C(=C/c2ccc(N3CCC4(CC3)OCCO4)c(F)c2)S1. The Bertz CT molecular complexity index is 751. The molecule has 1 spiro atoms. The second kappa shape index (κ2) is 6.44. The van der Waals surface area contributed by atoms with Gasteiger partial charge in [0.1, 0.15) is 5.82 Å². The van der Waals surface area contributed by atoms with Gasteiger partial charge in [-0.1, -0.05) is 6.07 Å². The van der Waals surface area contributed by atoms with Crippen molar-refractivity contribution in [2.45, 2.75) is 18.6 Å². The number of hydrogen-bond acceptors (Lipinski definition) is 6. The van der Waals surface area contributed by atoms with Gasteiger partial charge in [0, 0.05) is 25.9 Å². The lowest BCUT2D eigenvalue weighted by molar-refractivity contribution is -0.169. The highest BCUT2D eigenvalue weighted by atomic mass is 32.2. The summed E-state index contributed by atoms with van der Waals surface area (Å²) >= 11 is 0.818. The maximum Gasteiger partial charge on any atom is 0.290 e. The highest BCUT2D eigenvalue weighted by Gasteiger charge is 2.40. The largest absolute Gasteiger partial charge is 0.369 e. The normalized spacial score (nSPS) is 24.4. The third-order valence-electron chi connectivity index (χ3n) is 4.59. The number of piperidine rings is 1. The van der Waals surface area contributed by atoms with Crippen molar-refractivity contribution >= 4 is 34.7 Å². The molecule has 8 heteroatoms. The van der Waals surface area contributed by atoms with E-state index < -0.39 is 16.9 Å². The van der Waals surface area contributed by atoms with Crippen molar-refractivity contribution in [3.63, 3.8) is 0 Å². The Morgan fingerprint density at radius 1 is 1.20 bits per heavy atom. The fourth-order valence-electron chi connectivity index (χ4n) is 3.32. The summed E-state index contributed by atoms with van der Waals surface area (Å²) in [5, 5.41) is 1.77. The molecular weight excluding hydrogens is 347 g/mol. The molecule has 0 aliphatic carbocycles. The van der Waals surface area contributed by atoms with Gasteiger partial charge in [0.15, 0.2) is 5.79 Å². The van der Waals surface area contributed by atoms with Crippen LogP contribution in [0, 0.1) is 5.82 Å². The molecule has 3 fully saturated rings. The molecule has 3 aliphatic rings. The van der Waals surface area contributed by atoms with E-state index in [0.29, 0.717) is 50.4 Å². The van der Waals surface area contributed by atoms with E-state index in [9.17, 15) is 14.0 Å². The van der Waals surface area contributed by atoms with Crippen LogP contribution >= 0.6 is 11.8 Å². The van der Waals surface area contributed by atoms with Gasteiger partial charge in [0.05, 0.1) is 23.8 Å². The smallest absolute Gasteiger partial charge is 0.290 e. The number of halogens is 1. The number of thioether (sulfide) groups is 1. The van der Waals surface area contributed by atoms with E-state index in [1.807, 2.05) is 4.90 Å². The maximum atomic E-state index is 14.5. The summed E-state index contributed by atoms with van der Waals surface area (Å²) in [4.78, 5) is 25.0. The number of imide groups is 1. The number of carbonyl (C=O) groups excluding carboxylic acids is 2. The molecule has 25 heavy (non-hydrogen) atoms. The zero-order valence-electron chi connectivity index (χ0n) is 13.4. The first kappa shape index (κ1) is 16.6. The van der Waals surface area contributed by atoms with Gasteiger partial charge in [-0.15, -0.1) is 0 Å². The van der Waals surface area contributed by atoms with Gasteiger partial charge in [0.25, 0.3) is 11.1 Å². The van der Waals surface area contributed by atoms with Crippen molar-refractivity contribution in [3.8, 4) is 0 Å². The molecule has 1 aromatic carbocycles. The molecule has 3 aliphatic heterocycles. The van der Waals surface area contributed by atoms with Crippen molar-refractivity contribution in [2.75, 3.05) is 31.2 Å². The second-order valence-electron chi connectivity index (χ2n) is 6.16. The molecule has 0 atom stereocenters. The van der Waals surface area contributed by atoms with Crippen molar-refractivity contribution in [1.82, 2.24) is 5.32 Å².